The van der Waals surface area contributed by atoms with E-state index in [0.717, 1.165) is 32.1 Å². The highest BCUT2D eigenvalue weighted by molar-refractivity contribution is 7.92. The van der Waals surface area contributed by atoms with Crippen LogP contribution in [0.25, 0.3) is 0 Å². The number of nitrogens with one attached hydrogen (secondary N) is 2. The Balaban J connectivity index is 1.29. The van der Waals surface area contributed by atoms with E-state index in [1.165, 1.54) is 0 Å². The molecule has 0 aromatic heterocycles. The number of sulfone groups is 1. The van der Waals surface area contributed by atoms with Crippen molar-refractivity contribution in [1.29, 1.82) is 0 Å². The number of carbonyl (C=O) groups is 2. The fourth-order valence-electron chi connectivity index (χ4n) is 5.02. The number of hydrogen-bond donors (Lipinski definition) is 2. The van der Waals surface area contributed by atoms with Crippen LogP contribution in [-0.4, -0.2) is 43.3 Å². The number of carbonyl (C=O) groups excluding carboxylic acids is 2. The van der Waals surface area contributed by atoms with E-state index < -0.39 is 14.6 Å². The van der Waals surface area contributed by atoms with Crippen LogP contribution in [0.4, 0.5) is 0 Å². The monoisotopic (exact) mass is 396 g/mol. The van der Waals surface area contributed by atoms with Gasteiger partial charge in [0.25, 0.3) is 0 Å². The van der Waals surface area contributed by atoms with Gasteiger partial charge in [0.2, 0.25) is 11.8 Å². The van der Waals surface area contributed by atoms with Crippen LogP contribution in [0.15, 0.2) is 0 Å². The predicted octanol–water partition coefficient (Wildman–Crippen LogP) is 1.94. The Morgan fingerprint density at radius 3 is 2.33 bits per heavy atom. The second kappa shape index (κ2) is 6.75. The molecule has 1 heterocycles. The third kappa shape index (κ3) is 3.76. The largest absolute Gasteiger partial charge is 0.356 e. The van der Waals surface area contributed by atoms with Gasteiger partial charge in [-0.2, -0.15) is 0 Å². The number of rotatable bonds is 7. The maximum Gasteiger partial charge on any atom is 0.226 e. The smallest absolute Gasteiger partial charge is 0.226 e. The molecule has 2 amide bonds. The summed E-state index contributed by atoms with van der Waals surface area (Å²) < 4.78 is 24.8. The van der Waals surface area contributed by atoms with E-state index in [0.29, 0.717) is 44.6 Å². The summed E-state index contributed by atoms with van der Waals surface area (Å²) >= 11 is 0. The third-order valence-electron chi connectivity index (χ3n) is 7.44. The molecule has 1 saturated heterocycles. The van der Waals surface area contributed by atoms with Gasteiger partial charge in [0.15, 0.2) is 9.84 Å². The summed E-state index contributed by atoms with van der Waals surface area (Å²) in [6, 6.07) is -0.0320. The zero-order valence-electron chi connectivity index (χ0n) is 16.3. The summed E-state index contributed by atoms with van der Waals surface area (Å²) in [7, 11) is -3.12. The van der Waals surface area contributed by atoms with Crippen LogP contribution < -0.4 is 10.6 Å². The molecule has 6 nitrogen and oxygen atoms in total. The third-order valence-corrected chi connectivity index (χ3v) is 10.0. The van der Waals surface area contributed by atoms with Gasteiger partial charge in [-0.05, 0) is 69.6 Å². The first-order chi connectivity index (χ1) is 12.8. The maximum atomic E-state index is 12.7. The summed E-state index contributed by atoms with van der Waals surface area (Å²) in [5.74, 6) is 1.19. The molecule has 3 aliphatic carbocycles. The molecule has 3 saturated carbocycles. The lowest BCUT2D eigenvalue weighted by atomic mass is 9.70. The lowest BCUT2D eigenvalue weighted by Gasteiger charge is -2.51. The molecular weight excluding hydrogens is 364 g/mol. The Morgan fingerprint density at radius 1 is 1.04 bits per heavy atom. The van der Waals surface area contributed by atoms with E-state index in [2.05, 4.69) is 10.6 Å². The van der Waals surface area contributed by atoms with E-state index in [4.69, 9.17) is 0 Å². The molecule has 0 bridgehead atoms. The van der Waals surface area contributed by atoms with Gasteiger partial charge in [-0.25, -0.2) is 8.42 Å². The van der Waals surface area contributed by atoms with Crippen molar-refractivity contribution in [3.8, 4) is 0 Å². The normalized spacial score (nSPS) is 35.9. The maximum absolute atomic E-state index is 12.7. The van der Waals surface area contributed by atoms with Gasteiger partial charge in [-0.3, -0.25) is 9.59 Å². The van der Waals surface area contributed by atoms with Crippen molar-refractivity contribution in [2.24, 2.45) is 17.3 Å². The molecule has 27 heavy (non-hydrogen) atoms. The quantitative estimate of drug-likeness (QED) is 0.688. The van der Waals surface area contributed by atoms with Gasteiger partial charge in [0.05, 0.1) is 10.5 Å². The summed E-state index contributed by atoms with van der Waals surface area (Å²) in [4.78, 5) is 24.4. The molecule has 4 rings (SSSR count). The SMILES string of the molecule is CCC1(C(=O)NC2CCS(=O)(=O)C3(CC(CNC(=O)CC4CC4)C3)C2)CC1. The van der Waals surface area contributed by atoms with Crippen LogP contribution in [0, 0.1) is 17.3 Å². The highest BCUT2D eigenvalue weighted by atomic mass is 32.2. The van der Waals surface area contributed by atoms with Crippen LogP contribution in [0.1, 0.15) is 71.1 Å². The van der Waals surface area contributed by atoms with Crippen molar-refractivity contribution >= 4 is 21.7 Å². The molecule has 1 atom stereocenters. The Morgan fingerprint density at radius 2 is 1.74 bits per heavy atom. The fourth-order valence-corrected chi connectivity index (χ4v) is 7.48. The van der Waals surface area contributed by atoms with Gasteiger partial charge in [0, 0.05) is 24.4 Å². The molecule has 0 radical (unpaired) electrons. The molecule has 0 aromatic rings. The lowest BCUT2D eigenvalue weighted by molar-refractivity contribution is -0.127. The molecule has 152 valence electrons. The van der Waals surface area contributed by atoms with Crippen LogP contribution in [-0.2, 0) is 19.4 Å². The van der Waals surface area contributed by atoms with Gasteiger partial charge < -0.3 is 10.6 Å². The number of hydrogen-bond acceptors (Lipinski definition) is 4. The van der Waals surface area contributed by atoms with Gasteiger partial charge in [0.1, 0.15) is 0 Å². The molecule has 4 aliphatic rings. The average molecular weight is 397 g/mol. The Labute approximate surface area is 162 Å². The van der Waals surface area contributed by atoms with Crippen molar-refractivity contribution in [3.63, 3.8) is 0 Å². The molecule has 4 fully saturated rings. The average Bonchev–Trinajstić information content (AvgIpc) is 3.48. The van der Waals surface area contributed by atoms with E-state index in [-0.39, 0.29) is 34.9 Å². The minimum absolute atomic E-state index is 0.0320. The summed E-state index contributed by atoms with van der Waals surface area (Å²) in [5.41, 5.74) is -0.183. The lowest BCUT2D eigenvalue weighted by Crippen LogP contribution is -2.60. The van der Waals surface area contributed by atoms with Crippen LogP contribution >= 0.6 is 0 Å². The molecule has 1 spiro atoms. The van der Waals surface area contributed by atoms with Crippen LogP contribution in [0.2, 0.25) is 0 Å². The minimum atomic E-state index is -3.12. The van der Waals surface area contributed by atoms with Crippen molar-refractivity contribution in [2.45, 2.75) is 81.9 Å². The van der Waals surface area contributed by atoms with Crippen LogP contribution in [0.5, 0.6) is 0 Å². The van der Waals surface area contributed by atoms with Gasteiger partial charge in [-0.1, -0.05) is 6.92 Å². The van der Waals surface area contributed by atoms with Crippen molar-refractivity contribution in [2.75, 3.05) is 12.3 Å². The predicted molar refractivity (Wildman–Crippen MR) is 103 cm³/mol. The molecule has 2 N–H and O–H groups in total. The highest BCUT2D eigenvalue weighted by Crippen LogP contribution is 2.51. The fraction of sp³-hybridized carbons (Fsp3) is 0.900. The standard InChI is InChI=1S/C20H32N2O4S/c1-2-19(6-7-19)18(24)22-16-5-8-27(25,26)20(12-16)10-15(11-20)13-21-17(23)9-14-3-4-14/h14-16H,2-13H2,1H3,(H,21,23)(H,22,24). The van der Waals surface area contributed by atoms with E-state index in [1.54, 1.807) is 0 Å². The second-order valence-electron chi connectivity index (χ2n) is 9.52. The Hall–Kier alpha value is -1.11. The van der Waals surface area contributed by atoms with E-state index in [1.807, 2.05) is 6.92 Å². The molecule has 0 aromatic carbocycles. The van der Waals surface area contributed by atoms with Crippen LogP contribution in [0.3, 0.4) is 0 Å². The molecule has 7 heteroatoms. The number of amides is 2. The van der Waals surface area contributed by atoms with Gasteiger partial charge >= 0.3 is 0 Å². The second-order valence-corrected chi connectivity index (χ2v) is 12.0. The molecule has 1 aliphatic heterocycles. The Bertz CT molecular complexity index is 718. The first-order valence-corrected chi connectivity index (χ1v) is 12.2. The first kappa shape index (κ1) is 19.2. The summed E-state index contributed by atoms with van der Waals surface area (Å²) in [6.45, 7) is 2.63. The van der Waals surface area contributed by atoms with Crippen molar-refractivity contribution < 1.29 is 18.0 Å². The minimum Gasteiger partial charge on any atom is -0.356 e. The summed E-state index contributed by atoms with van der Waals surface area (Å²) in [5, 5.41) is 6.14. The summed E-state index contributed by atoms with van der Waals surface area (Å²) in [6.07, 6.45) is 7.99. The first-order valence-electron chi connectivity index (χ1n) is 10.6. The molecular formula is C20H32N2O4S. The Kier molecular flexibility index (Phi) is 4.80. The van der Waals surface area contributed by atoms with Crippen molar-refractivity contribution in [1.82, 2.24) is 10.6 Å². The van der Waals surface area contributed by atoms with E-state index >= 15 is 0 Å². The zero-order valence-corrected chi connectivity index (χ0v) is 17.1. The van der Waals surface area contributed by atoms with Crippen molar-refractivity contribution in [3.05, 3.63) is 0 Å². The van der Waals surface area contributed by atoms with E-state index in [9.17, 15) is 18.0 Å². The zero-order chi connectivity index (χ0) is 19.3. The van der Waals surface area contributed by atoms with Gasteiger partial charge in [-0.15, -0.1) is 0 Å². The highest BCUT2D eigenvalue weighted by Gasteiger charge is 2.57. The molecule has 1 unspecified atom stereocenters. The topological polar surface area (TPSA) is 92.3 Å².